The molecule has 0 radical (unpaired) electrons. The van der Waals surface area contributed by atoms with Crippen LogP contribution in [0.15, 0.2) is 30.3 Å². The van der Waals surface area contributed by atoms with E-state index in [2.05, 4.69) is 5.32 Å². The van der Waals surface area contributed by atoms with Crippen LogP contribution in [-0.4, -0.2) is 19.1 Å². The van der Waals surface area contributed by atoms with Gasteiger partial charge >= 0.3 is 5.97 Å². The van der Waals surface area contributed by atoms with Crippen molar-refractivity contribution in [3.05, 3.63) is 35.9 Å². The highest BCUT2D eigenvalue weighted by Crippen LogP contribution is 2.23. The molecule has 0 amide bonds. The quantitative estimate of drug-likeness (QED) is 0.757. The van der Waals surface area contributed by atoms with Gasteiger partial charge in [0.1, 0.15) is 6.61 Å². The van der Waals surface area contributed by atoms with E-state index in [1.165, 1.54) is 0 Å². The Kier molecular flexibility index (Phi) is 2.73. The van der Waals surface area contributed by atoms with Gasteiger partial charge in [-0.3, -0.25) is 4.79 Å². The van der Waals surface area contributed by atoms with Gasteiger partial charge in [0, 0.05) is 13.1 Å². The summed E-state index contributed by atoms with van der Waals surface area (Å²) in [5, 5.41) is 3.08. The molecule has 1 heterocycles. The number of benzene rings is 1. The van der Waals surface area contributed by atoms with Crippen molar-refractivity contribution in [2.24, 2.45) is 5.41 Å². The Morgan fingerprint density at radius 3 is 2.60 bits per heavy atom. The monoisotopic (exact) mass is 205 g/mol. The molecular weight excluding hydrogens is 190 g/mol. The van der Waals surface area contributed by atoms with Crippen LogP contribution in [0.25, 0.3) is 0 Å². The summed E-state index contributed by atoms with van der Waals surface area (Å²) < 4.78 is 5.26. The van der Waals surface area contributed by atoms with Crippen molar-refractivity contribution in [2.45, 2.75) is 13.5 Å². The van der Waals surface area contributed by atoms with Crippen LogP contribution in [-0.2, 0) is 16.1 Å². The minimum atomic E-state index is -0.311. The Morgan fingerprint density at radius 2 is 2.07 bits per heavy atom. The lowest BCUT2D eigenvalue weighted by molar-refractivity contribution is -0.159. The van der Waals surface area contributed by atoms with Gasteiger partial charge in [-0.05, 0) is 12.5 Å². The Balaban J connectivity index is 1.86. The molecule has 0 atom stereocenters. The molecule has 1 aromatic rings. The third-order valence-corrected chi connectivity index (χ3v) is 2.74. The summed E-state index contributed by atoms with van der Waals surface area (Å²) in [5.74, 6) is -0.106. The number of hydrogen-bond donors (Lipinski definition) is 1. The molecule has 2 rings (SSSR count). The third kappa shape index (κ3) is 2.18. The van der Waals surface area contributed by atoms with Gasteiger partial charge in [0.05, 0.1) is 5.41 Å². The van der Waals surface area contributed by atoms with E-state index in [9.17, 15) is 4.79 Å². The zero-order chi connectivity index (χ0) is 10.7. The number of ether oxygens (including phenoxy) is 1. The number of rotatable bonds is 3. The Hall–Kier alpha value is -1.35. The molecule has 1 saturated heterocycles. The molecule has 1 aromatic carbocycles. The van der Waals surface area contributed by atoms with Crippen molar-refractivity contribution in [1.29, 1.82) is 0 Å². The van der Waals surface area contributed by atoms with Crippen LogP contribution in [0, 0.1) is 5.41 Å². The molecule has 1 fully saturated rings. The molecular formula is C12H15NO2. The van der Waals surface area contributed by atoms with Gasteiger partial charge in [0.2, 0.25) is 0 Å². The summed E-state index contributed by atoms with van der Waals surface area (Å²) in [4.78, 5) is 11.7. The molecule has 0 aliphatic carbocycles. The minimum absolute atomic E-state index is 0.106. The number of carbonyl (C=O) groups excluding carboxylic acids is 1. The van der Waals surface area contributed by atoms with E-state index < -0.39 is 0 Å². The molecule has 0 saturated carbocycles. The lowest BCUT2D eigenvalue weighted by atomic mass is 9.84. The first-order valence-electron chi connectivity index (χ1n) is 5.13. The van der Waals surface area contributed by atoms with E-state index in [1.54, 1.807) is 0 Å². The number of carbonyl (C=O) groups is 1. The topological polar surface area (TPSA) is 38.3 Å². The Bertz CT molecular complexity index is 344. The highest BCUT2D eigenvalue weighted by Gasteiger charge is 2.40. The van der Waals surface area contributed by atoms with E-state index in [-0.39, 0.29) is 11.4 Å². The molecule has 15 heavy (non-hydrogen) atoms. The summed E-state index contributed by atoms with van der Waals surface area (Å²) in [7, 11) is 0. The van der Waals surface area contributed by atoms with E-state index in [0.29, 0.717) is 6.61 Å². The smallest absolute Gasteiger partial charge is 0.314 e. The van der Waals surface area contributed by atoms with Gasteiger partial charge in [-0.25, -0.2) is 0 Å². The van der Waals surface area contributed by atoms with Gasteiger partial charge in [-0.1, -0.05) is 30.3 Å². The number of esters is 1. The molecule has 1 aliphatic rings. The molecule has 0 spiro atoms. The fraction of sp³-hybridized carbons (Fsp3) is 0.417. The van der Waals surface area contributed by atoms with Gasteiger partial charge in [-0.2, -0.15) is 0 Å². The Morgan fingerprint density at radius 1 is 1.40 bits per heavy atom. The van der Waals surface area contributed by atoms with Gasteiger partial charge in [-0.15, -0.1) is 0 Å². The standard InChI is InChI=1S/C12H15NO2/c1-12(8-13-9-12)11(14)15-7-10-5-3-2-4-6-10/h2-6,13H,7-9H2,1H3. The lowest BCUT2D eigenvalue weighted by Gasteiger charge is -2.36. The average molecular weight is 205 g/mol. The van der Waals surface area contributed by atoms with Crippen molar-refractivity contribution in [3.63, 3.8) is 0 Å². The van der Waals surface area contributed by atoms with Crippen LogP contribution in [0.5, 0.6) is 0 Å². The van der Waals surface area contributed by atoms with Gasteiger partial charge < -0.3 is 10.1 Å². The van der Waals surface area contributed by atoms with E-state index in [4.69, 9.17) is 4.74 Å². The molecule has 80 valence electrons. The second-order valence-corrected chi connectivity index (χ2v) is 4.23. The molecule has 3 heteroatoms. The third-order valence-electron chi connectivity index (χ3n) is 2.74. The summed E-state index contributed by atoms with van der Waals surface area (Å²) in [6.45, 7) is 3.74. The maximum atomic E-state index is 11.7. The van der Waals surface area contributed by atoms with E-state index in [0.717, 1.165) is 18.7 Å². The highest BCUT2D eigenvalue weighted by molar-refractivity contribution is 5.78. The van der Waals surface area contributed by atoms with Crippen molar-refractivity contribution in [1.82, 2.24) is 5.32 Å². The predicted molar refractivity (Wildman–Crippen MR) is 57.2 cm³/mol. The first-order valence-corrected chi connectivity index (χ1v) is 5.13. The van der Waals surface area contributed by atoms with Crippen LogP contribution in [0.4, 0.5) is 0 Å². The zero-order valence-corrected chi connectivity index (χ0v) is 8.82. The van der Waals surface area contributed by atoms with Crippen LogP contribution >= 0.6 is 0 Å². The van der Waals surface area contributed by atoms with Crippen molar-refractivity contribution >= 4 is 5.97 Å². The van der Waals surface area contributed by atoms with Crippen LogP contribution in [0.2, 0.25) is 0 Å². The molecule has 1 aliphatic heterocycles. The highest BCUT2D eigenvalue weighted by atomic mass is 16.5. The first kappa shape index (κ1) is 10.2. The minimum Gasteiger partial charge on any atom is -0.460 e. The number of hydrogen-bond acceptors (Lipinski definition) is 3. The summed E-state index contributed by atoms with van der Waals surface area (Å²) >= 11 is 0. The summed E-state index contributed by atoms with van der Waals surface area (Å²) in [6, 6.07) is 9.73. The fourth-order valence-electron chi connectivity index (χ4n) is 1.54. The summed E-state index contributed by atoms with van der Waals surface area (Å²) in [5.41, 5.74) is 0.719. The maximum absolute atomic E-state index is 11.7. The van der Waals surface area contributed by atoms with Crippen molar-refractivity contribution in [2.75, 3.05) is 13.1 Å². The number of nitrogens with one attached hydrogen (secondary N) is 1. The second kappa shape index (κ2) is 4.03. The van der Waals surface area contributed by atoms with Crippen molar-refractivity contribution < 1.29 is 9.53 Å². The lowest BCUT2D eigenvalue weighted by Crippen LogP contribution is -2.56. The van der Waals surface area contributed by atoms with E-state index in [1.807, 2.05) is 37.3 Å². The average Bonchev–Trinajstić information content (AvgIpc) is 2.24. The molecule has 3 nitrogen and oxygen atoms in total. The zero-order valence-electron chi connectivity index (χ0n) is 8.82. The fourth-order valence-corrected chi connectivity index (χ4v) is 1.54. The van der Waals surface area contributed by atoms with Crippen LogP contribution in [0.3, 0.4) is 0 Å². The van der Waals surface area contributed by atoms with Gasteiger partial charge in [0.15, 0.2) is 0 Å². The van der Waals surface area contributed by atoms with Crippen LogP contribution < -0.4 is 5.32 Å². The first-order chi connectivity index (χ1) is 7.21. The maximum Gasteiger partial charge on any atom is 0.314 e. The largest absolute Gasteiger partial charge is 0.460 e. The second-order valence-electron chi connectivity index (χ2n) is 4.23. The molecule has 1 N–H and O–H groups in total. The summed E-state index contributed by atoms with van der Waals surface area (Å²) in [6.07, 6.45) is 0. The SMILES string of the molecule is CC1(C(=O)OCc2ccccc2)CNC1. The molecule has 0 bridgehead atoms. The Labute approximate surface area is 89.4 Å². The predicted octanol–water partition coefficient (Wildman–Crippen LogP) is 1.34. The van der Waals surface area contributed by atoms with Gasteiger partial charge in [0.25, 0.3) is 0 Å². The molecule has 0 aromatic heterocycles. The normalized spacial score (nSPS) is 17.9. The van der Waals surface area contributed by atoms with Crippen LogP contribution in [0.1, 0.15) is 12.5 Å². The van der Waals surface area contributed by atoms with E-state index >= 15 is 0 Å². The molecule has 0 unspecified atom stereocenters. The van der Waals surface area contributed by atoms with Crippen molar-refractivity contribution in [3.8, 4) is 0 Å².